The number of piperidine rings is 1. The SMILES string of the molecule is CCNC(=NCCOc1cccnc1)NC1CCN(C(=O)C(C)C)CC1.I. The van der Waals surface area contributed by atoms with Gasteiger partial charge < -0.3 is 20.3 Å². The molecule has 0 bridgehead atoms. The van der Waals surface area contributed by atoms with Crippen LogP contribution in [0.1, 0.15) is 33.6 Å². The van der Waals surface area contributed by atoms with Crippen LogP contribution in [0.15, 0.2) is 29.5 Å². The summed E-state index contributed by atoms with van der Waals surface area (Å²) in [6, 6.07) is 4.07. The molecule has 152 valence electrons. The van der Waals surface area contributed by atoms with Gasteiger partial charge in [-0.2, -0.15) is 0 Å². The third-order valence-corrected chi connectivity index (χ3v) is 4.25. The fraction of sp³-hybridized carbons (Fsp3) is 0.632. The van der Waals surface area contributed by atoms with Crippen LogP contribution in [0.2, 0.25) is 0 Å². The van der Waals surface area contributed by atoms with Crippen molar-refractivity contribution in [1.82, 2.24) is 20.5 Å². The zero-order valence-electron chi connectivity index (χ0n) is 16.5. The molecule has 27 heavy (non-hydrogen) atoms. The van der Waals surface area contributed by atoms with Gasteiger partial charge in [-0.1, -0.05) is 13.8 Å². The van der Waals surface area contributed by atoms with Crippen molar-refractivity contribution in [2.75, 3.05) is 32.8 Å². The van der Waals surface area contributed by atoms with E-state index in [2.05, 4.69) is 20.6 Å². The maximum atomic E-state index is 12.1. The van der Waals surface area contributed by atoms with Crippen LogP contribution in [0.25, 0.3) is 0 Å². The molecule has 2 heterocycles. The molecule has 8 heteroatoms. The smallest absolute Gasteiger partial charge is 0.225 e. The lowest BCUT2D eigenvalue weighted by Gasteiger charge is -2.34. The summed E-state index contributed by atoms with van der Waals surface area (Å²) in [7, 11) is 0. The molecular formula is C19H32IN5O2. The number of rotatable bonds is 7. The van der Waals surface area contributed by atoms with E-state index in [9.17, 15) is 4.79 Å². The summed E-state index contributed by atoms with van der Waals surface area (Å²) in [6.07, 6.45) is 5.29. The van der Waals surface area contributed by atoms with E-state index in [1.54, 1.807) is 12.4 Å². The van der Waals surface area contributed by atoms with E-state index in [1.165, 1.54) is 0 Å². The van der Waals surface area contributed by atoms with Gasteiger partial charge in [0.25, 0.3) is 0 Å². The molecule has 2 N–H and O–H groups in total. The zero-order valence-corrected chi connectivity index (χ0v) is 18.8. The average molecular weight is 489 g/mol. The quantitative estimate of drug-likeness (QED) is 0.266. The van der Waals surface area contributed by atoms with E-state index in [-0.39, 0.29) is 35.8 Å². The van der Waals surface area contributed by atoms with Crippen LogP contribution in [0.5, 0.6) is 5.75 Å². The Hall–Kier alpha value is -1.58. The van der Waals surface area contributed by atoms with E-state index in [4.69, 9.17) is 4.74 Å². The molecule has 0 spiro atoms. The summed E-state index contributed by atoms with van der Waals surface area (Å²) in [5.74, 6) is 1.87. The van der Waals surface area contributed by atoms with Gasteiger partial charge in [0, 0.05) is 37.8 Å². The fourth-order valence-corrected chi connectivity index (χ4v) is 2.88. The molecule has 7 nitrogen and oxygen atoms in total. The van der Waals surface area contributed by atoms with Crippen LogP contribution < -0.4 is 15.4 Å². The van der Waals surface area contributed by atoms with Crippen molar-refractivity contribution < 1.29 is 9.53 Å². The third kappa shape index (κ3) is 8.32. The number of amides is 1. The van der Waals surface area contributed by atoms with Gasteiger partial charge in [0.2, 0.25) is 5.91 Å². The minimum Gasteiger partial charge on any atom is -0.490 e. The number of nitrogens with one attached hydrogen (secondary N) is 2. The maximum Gasteiger partial charge on any atom is 0.225 e. The normalized spacial score (nSPS) is 15.3. The molecule has 0 saturated carbocycles. The van der Waals surface area contributed by atoms with Gasteiger partial charge in [0.15, 0.2) is 5.96 Å². The predicted octanol–water partition coefficient (Wildman–Crippen LogP) is 2.28. The van der Waals surface area contributed by atoms with Gasteiger partial charge in [0.1, 0.15) is 12.4 Å². The van der Waals surface area contributed by atoms with Crippen LogP contribution in [0.3, 0.4) is 0 Å². The van der Waals surface area contributed by atoms with E-state index >= 15 is 0 Å². The third-order valence-electron chi connectivity index (χ3n) is 4.25. The number of pyridine rings is 1. The Labute approximate surface area is 179 Å². The van der Waals surface area contributed by atoms with Crippen LogP contribution in [0, 0.1) is 5.92 Å². The number of hydrogen-bond donors (Lipinski definition) is 2. The second kappa shape index (κ2) is 12.7. The lowest BCUT2D eigenvalue weighted by atomic mass is 10.0. The van der Waals surface area contributed by atoms with Gasteiger partial charge >= 0.3 is 0 Å². The predicted molar refractivity (Wildman–Crippen MR) is 119 cm³/mol. The Bertz CT molecular complexity index is 575. The van der Waals surface area contributed by atoms with Crippen molar-refractivity contribution in [3.63, 3.8) is 0 Å². The number of carbonyl (C=O) groups excluding carboxylic acids is 1. The first-order valence-corrected chi connectivity index (χ1v) is 9.46. The van der Waals surface area contributed by atoms with Crippen LogP contribution in [-0.4, -0.2) is 60.6 Å². The monoisotopic (exact) mass is 489 g/mol. The number of aliphatic imine (C=N–C) groups is 1. The Kier molecular flexibility index (Phi) is 11.1. The first-order chi connectivity index (χ1) is 12.6. The summed E-state index contributed by atoms with van der Waals surface area (Å²) in [5.41, 5.74) is 0. The van der Waals surface area contributed by atoms with Crippen molar-refractivity contribution in [2.45, 2.75) is 39.7 Å². The summed E-state index contributed by atoms with van der Waals surface area (Å²) in [5, 5.41) is 6.75. The summed E-state index contributed by atoms with van der Waals surface area (Å²) in [6.45, 7) is 9.44. The molecule has 1 aromatic heterocycles. The average Bonchev–Trinajstić information content (AvgIpc) is 2.66. The number of hydrogen-bond acceptors (Lipinski definition) is 4. The molecule has 0 atom stereocenters. The Morgan fingerprint density at radius 3 is 2.74 bits per heavy atom. The van der Waals surface area contributed by atoms with Gasteiger partial charge in [-0.25, -0.2) is 4.99 Å². The highest BCUT2D eigenvalue weighted by atomic mass is 127. The van der Waals surface area contributed by atoms with Gasteiger partial charge in [0.05, 0.1) is 12.7 Å². The van der Waals surface area contributed by atoms with Gasteiger partial charge in [-0.3, -0.25) is 9.78 Å². The fourth-order valence-electron chi connectivity index (χ4n) is 2.88. The molecule has 1 saturated heterocycles. The van der Waals surface area contributed by atoms with Crippen molar-refractivity contribution in [2.24, 2.45) is 10.9 Å². The molecule has 0 radical (unpaired) electrons. The minimum atomic E-state index is 0. The van der Waals surface area contributed by atoms with Crippen molar-refractivity contribution in [1.29, 1.82) is 0 Å². The Morgan fingerprint density at radius 1 is 1.41 bits per heavy atom. The van der Waals surface area contributed by atoms with Crippen molar-refractivity contribution in [3.8, 4) is 5.75 Å². The van der Waals surface area contributed by atoms with Gasteiger partial charge in [-0.15, -0.1) is 24.0 Å². The zero-order chi connectivity index (χ0) is 18.8. The topological polar surface area (TPSA) is 78.9 Å². The maximum absolute atomic E-state index is 12.1. The van der Waals surface area contributed by atoms with Crippen LogP contribution in [-0.2, 0) is 4.79 Å². The van der Waals surface area contributed by atoms with E-state index in [1.807, 2.05) is 37.8 Å². The highest BCUT2D eigenvalue weighted by Gasteiger charge is 2.24. The molecule has 1 aliphatic rings. The number of likely N-dealkylation sites (tertiary alicyclic amines) is 1. The lowest BCUT2D eigenvalue weighted by molar-refractivity contribution is -0.135. The molecule has 1 amide bonds. The molecule has 2 rings (SSSR count). The minimum absolute atomic E-state index is 0. The molecule has 1 fully saturated rings. The standard InChI is InChI=1S/C19H31N5O2.HI/c1-4-21-19(22-10-13-26-17-6-5-9-20-14-17)23-16-7-11-24(12-8-16)18(25)15(2)3;/h5-6,9,14-16H,4,7-8,10-13H2,1-3H3,(H2,21,22,23);1H. The summed E-state index contributed by atoms with van der Waals surface area (Å²) in [4.78, 5) is 22.6. The van der Waals surface area contributed by atoms with Crippen molar-refractivity contribution >= 4 is 35.8 Å². The van der Waals surface area contributed by atoms with Crippen LogP contribution >= 0.6 is 24.0 Å². The Morgan fingerprint density at radius 2 is 2.15 bits per heavy atom. The number of halogens is 1. The molecule has 0 unspecified atom stereocenters. The van der Waals surface area contributed by atoms with E-state index < -0.39 is 0 Å². The summed E-state index contributed by atoms with van der Waals surface area (Å²) >= 11 is 0. The second-order valence-electron chi connectivity index (χ2n) is 6.70. The number of carbonyl (C=O) groups is 1. The second-order valence-corrected chi connectivity index (χ2v) is 6.70. The molecular weight excluding hydrogens is 457 g/mol. The Balaban J connectivity index is 0.00000364. The first kappa shape index (κ1) is 23.5. The summed E-state index contributed by atoms with van der Waals surface area (Å²) < 4.78 is 5.62. The van der Waals surface area contributed by atoms with E-state index in [0.29, 0.717) is 19.2 Å². The van der Waals surface area contributed by atoms with Crippen LogP contribution in [0.4, 0.5) is 0 Å². The molecule has 1 aliphatic heterocycles. The van der Waals surface area contributed by atoms with Crippen molar-refractivity contribution in [3.05, 3.63) is 24.5 Å². The molecule has 1 aromatic rings. The highest BCUT2D eigenvalue weighted by Crippen LogP contribution is 2.13. The number of ether oxygens (including phenoxy) is 1. The number of nitrogens with zero attached hydrogens (tertiary/aromatic N) is 3. The highest BCUT2D eigenvalue weighted by molar-refractivity contribution is 14.0. The largest absolute Gasteiger partial charge is 0.490 e. The number of aromatic nitrogens is 1. The van der Waals surface area contributed by atoms with E-state index in [0.717, 1.165) is 44.2 Å². The first-order valence-electron chi connectivity index (χ1n) is 9.46. The molecule has 0 aliphatic carbocycles. The lowest BCUT2D eigenvalue weighted by Crippen LogP contribution is -2.50. The number of guanidine groups is 1. The van der Waals surface area contributed by atoms with Gasteiger partial charge in [-0.05, 0) is 31.9 Å². The molecule has 0 aromatic carbocycles.